The first kappa shape index (κ1) is 22.8. The molecule has 0 radical (unpaired) electrons. The summed E-state index contributed by atoms with van der Waals surface area (Å²) in [6.45, 7) is 2.88. The molecule has 1 aliphatic heterocycles. The smallest absolute Gasteiger partial charge is 0.321 e. The van der Waals surface area contributed by atoms with E-state index in [1.165, 1.54) is 37.4 Å². The lowest BCUT2D eigenvalue weighted by Gasteiger charge is -2.26. The van der Waals surface area contributed by atoms with E-state index < -0.39 is 6.03 Å². The lowest BCUT2D eigenvalue weighted by Crippen LogP contribution is -2.45. The fourth-order valence-corrected chi connectivity index (χ4v) is 5.18. The number of urea groups is 1. The van der Waals surface area contributed by atoms with Gasteiger partial charge in [-0.1, -0.05) is 55.6 Å². The van der Waals surface area contributed by atoms with Crippen molar-refractivity contribution < 1.29 is 9.59 Å². The second kappa shape index (κ2) is 11.5. The van der Waals surface area contributed by atoms with Gasteiger partial charge in [-0.2, -0.15) is 0 Å². The summed E-state index contributed by atoms with van der Waals surface area (Å²) in [7, 11) is 0. The Morgan fingerprint density at radius 2 is 1.69 bits per heavy atom. The molecule has 1 aromatic carbocycles. The van der Waals surface area contributed by atoms with Crippen LogP contribution in [0.2, 0.25) is 0 Å². The van der Waals surface area contributed by atoms with Crippen LogP contribution in [-0.2, 0) is 11.3 Å². The summed E-state index contributed by atoms with van der Waals surface area (Å²) in [5, 5.41) is 14.8. The molecular formula is C23H32N6O2S. The van der Waals surface area contributed by atoms with Gasteiger partial charge >= 0.3 is 6.03 Å². The number of amides is 3. The normalized spacial score (nSPS) is 17.8. The van der Waals surface area contributed by atoms with Gasteiger partial charge in [0.05, 0.1) is 12.3 Å². The molecule has 0 unspecified atom stereocenters. The highest BCUT2D eigenvalue weighted by molar-refractivity contribution is 7.99. The van der Waals surface area contributed by atoms with Crippen LogP contribution in [-0.4, -0.2) is 56.5 Å². The number of piperidine rings is 1. The average molecular weight is 457 g/mol. The Morgan fingerprint density at radius 3 is 2.44 bits per heavy atom. The zero-order valence-electron chi connectivity index (χ0n) is 18.5. The van der Waals surface area contributed by atoms with Crippen molar-refractivity contribution in [2.75, 3.05) is 18.8 Å². The lowest BCUT2D eigenvalue weighted by atomic mass is 9.96. The molecule has 2 N–H and O–H groups in total. The first-order valence-corrected chi connectivity index (χ1v) is 12.6. The summed E-state index contributed by atoms with van der Waals surface area (Å²) in [5.41, 5.74) is 0.974. The maximum Gasteiger partial charge on any atom is 0.321 e. The molecule has 8 nitrogen and oxygen atoms in total. The maximum atomic E-state index is 12.4. The Hall–Kier alpha value is -2.39. The highest BCUT2D eigenvalue weighted by atomic mass is 32.2. The summed E-state index contributed by atoms with van der Waals surface area (Å²) >= 11 is 1.30. The Kier molecular flexibility index (Phi) is 8.17. The third-order valence-corrected chi connectivity index (χ3v) is 6.98. The first-order valence-electron chi connectivity index (χ1n) is 11.6. The molecule has 4 rings (SSSR count). The monoisotopic (exact) mass is 456 g/mol. The average Bonchev–Trinajstić information content (AvgIpc) is 3.22. The predicted molar refractivity (Wildman–Crippen MR) is 125 cm³/mol. The number of benzene rings is 1. The standard InChI is InChI=1S/C23H32N6O2S/c30-21(25-22(31)24-18-10-4-1-5-11-18)17-32-23-27-26-20(16-28-14-8-3-9-15-28)29(23)19-12-6-2-7-13-19/h2,6-7,12-13,18H,1,3-5,8-11,14-17H2,(H2,24,25,30,31). The summed E-state index contributed by atoms with van der Waals surface area (Å²) in [6.07, 6.45) is 9.15. The van der Waals surface area contributed by atoms with Crippen LogP contribution in [0.3, 0.4) is 0 Å². The number of aromatic nitrogens is 3. The molecule has 0 bridgehead atoms. The van der Waals surface area contributed by atoms with Gasteiger partial charge in [0.15, 0.2) is 11.0 Å². The van der Waals surface area contributed by atoms with E-state index in [0.717, 1.165) is 56.8 Å². The number of para-hydroxylation sites is 1. The zero-order valence-corrected chi connectivity index (χ0v) is 19.3. The van der Waals surface area contributed by atoms with Gasteiger partial charge in [-0.05, 0) is 50.9 Å². The minimum Gasteiger partial charge on any atom is -0.335 e. The maximum absolute atomic E-state index is 12.4. The van der Waals surface area contributed by atoms with E-state index in [4.69, 9.17) is 0 Å². The molecule has 0 spiro atoms. The Labute approximate surface area is 193 Å². The number of hydrogen-bond acceptors (Lipinski definition) is 6. The van der Waals surface area contributed by atoms with Crippen molar-refractivity contribution in [2.45, 2.75) is 69.1 Å². The van der Waals surface area contributed by atoms with Crippen LogP contribution in [0.1, 0.15) is 57.2 Å². The van der Waals surface area contributed by atoms with E-state index in [1.807, 2.05) is 34.9 Å². The third kappa shape index (κ3) is 6.32. The van der Waals surface area contributed by atoms with Gasteiger partial charge in [-0.25, -0.2) is 4.79 Å². The Morgan fingerprint density at radius 1 is 0.969 bits per heavy atom. The number of imide groups is 1. The SMILES string of the molecule is O=C(CSc1nnc(CN2CCCCC2)n1-c1ccccc1)NC(=O)NC1CCCCC1. The fraction of sp³-hybridized carbons (Fsp3) is 0.565. The van der Waals surface area contributed by atoms with Crippen molar-refractivity contribution in [2.24, 2.45) is 0 Å². The second-order valence-corrected chi connectivity index (χ2v) is 9.49. The molecular weight excluding hydrogens is 424 g/mol. The molecule has 0 atom stereocenters. The van der Waals surface area contributed by atoms with Gasteiger partial charge < -0.3 is 5.32 Å². The van der Waals surface area contributed by atoms with Crippen molar-refractivity contribution in [1.29, 1.82) is 0 Å². The number of rotatable bonds is 7. The molecule has 3 amide bonds. The third-order valence-electron chi connectivity index (χ3n) is 6.05. The van der Waals surface area contributed by atoms with Gasteiger partial charge in [-0.3, -0.25) is 19.6 Å². The minimum atomic E-state index is -0.405. The van der Waals surface area contributed by atoms with Crippen LogP contribution >= 0.6 is 11.8 Å². The molecule has 1 saturated heterocycles. The lowest BCUT2D eigenvalue weighted by molar-refractivity contribution is -0.117. The van der Waals surface area contributed by atoms with Gasteiger partial charge in [0, 0.05) is 11.7 Å². The number of hydrogen-bond donors (Lipinski definition) is 2. The van der Waals surface area contributed by atoms with Crippen molar-refractivity contribution >= 4 is 23.7 Å². The van der Waals surface area contributed by atoms with Crippen molar-refractivity contribution in [3.05, 3.63) is 36.2 Å². The van der Waals surface area contributed by atoms with Gasteiger partial charge in [-0.15, -0.1) is 10.2 Å². The van der Waals surface area contributed by atoms with E-state index in [9.17, 15) is 9.59 Å². The zero-order chi connectivity index (χ0) is 22.2. The first-order chi connectivity index (χ1) is 15.7. The van der Waals surface area contributed by atoms with Crippen LogP contribution in [0.25, 0.3) is 5.69 Å². The number of thioether (sulfide) groups is 1. The molecule has 1 aromatic heterocycles. The van der Waals surface area contributed by atoms with E-state index in [1.54, 1.807) is 0 Å². The van der Waals surface area contributed by atoms with E-state index in [0.29, 0.717) is 5.16 Å². The Balaban J connectivity index is 1.38. The van der Waals surface area contributed by atoms with Crippen LogP contribution < -0.4 is 10.6 Å². The van der Waals surface area contributed by atoms with Gasteiger partial charge in [0.1, 0.15) is 0 Å². The van der Waals surface area contributed by atoms with Gasteiger partial charge in [0.25, 0.3) is 0 Å². The number of carbonyl (C=O) groups excluding carboxylic acids is 2. The van der Waals surface area contributed by atoms with Crippen LogP contribution in [0.5, 0.6) is 0 Å². The number of nitrogens with zero attached hydrogens (tertiary/aromatic N) is 4. The second-order valence-electron chi connectivity index (χ2n) is 8.55. The summed E-state index contributed by atoms with van der Waals surface area (Å²) in [6, 6.07) is 9.74. The van der Waals surface area contributed by atoms with E-state index in [2.05, 4.69) is 25.7 Å². The summed E-state index contributed by atoms with van der Waals surface area (Å²) in [5.74, 6) is 0.645. The molecule has 1 saturated carbocycles. The van der Waals surface area contributed by atoms with Crippen LogP contribution in [0.15, 0.2) is 35.5 Å². The molecule has 1 aliphatic carbocycles. The van der Waals surface area contributed by atoms with E-state index in [-0.39, 0.29) is 17.7 Å². The molecule has 32 heavy (non-hydrogen) atoms. The number of nitrogens with one attached hydrogen (secondary N) is 2. The van der Waals surface area contributed by atoms with Crippen molar-refractivity contribution in [3.63, 3.8) is 0 Å². The number of likely N-dealkylation sites (tertiary alicyclic amines) is 1. The molecule has 172 valence electrons. The highest BCUT2D eigenvalue weighted by Gasteiger charge is 2.21. The summed E-state index contributed by atoms with van der Waals surface area (Å²) in [4.78, 5) is 26.9. The van der Waals surface area contributed by atoms with E-state index >= 15 is 0 Å². The molecule has 9 heteroatoms. The molecule has 2 aliphatic rings. The molecule has 2 aromatic rings. The number of carbonyl (C=O) groups is 2. The van der Waals surface area contributed by atoms with Crippen molar-refractivity contribution in [1.82, 2.24) is 30.3 Å². The van der Waals surface area contributed by atoms with Crippen LogP contribution in [0.4, 0.5) is 4.79 Å². The molecule has 2 heterocycles. The van der Waals surface area contributed by atoms with Gasteiger partial charge in [0.2, 0.25) is 5.91 Å². The molecule has 2 fully saturated rings. The Bertz CT molecular complexity index is 891. The summed E-state index contributed by atoms with van der Waals surface area (Å²) < 4.78 is 2.02. The highest BCUT2D eigenvalue weighted by Crippen LogP contribution is 2.23. The quantitative estimate of drug-likeness (QED) is 0.620. The van der Waals surface area contributed by atoms with Crippen molar-refractivity contribution in [3.8, 4) is 5.69 Å². The topological polar surface area (TPSA) is 92.2 Å². The largest absolute Gasteiger partial charge is 0.335 e. The predicted octanol–water partition coefficient (Wildman–Crippen LogP) is 3.50. The fourth-order valence-electron chi connectivity index (χ4n) is 4.41. The minimum absolute atomic E-state index is 0.104. The van der Waals surface area contributed by atoms with Crippen LogP contribution in [0, 0.1) is 0 Å².